The molecule has 0 aromatic heterocycles. The fourth-order valence-electron chi connectivity index (χ4n) is 2.09. The molecule has 0 heterocycles. The van der Waals surface area contributed by atoms with E-state index in [2.05, 4.69) is 9.47 Å². The summed E-state index contributed by atoms with van der Waals surface area (Å²) in [6.07, 6.45) is -11.7. The Morgan fingerprint density at radius 3 is 2.19 bits per heavy atom. The summed E-state index contributed by atoms with van der Waals surface area (Å²) in [6.45, 7) is -3.48. The van der Waals surface area contributed by atoms with Gasteiger partial charge in [0.2, 0.25) is 0 Å². The summed E-state index contributed by atoms with van der Waals surface area (Å²) in [5.74, 6) is -6.36. The number of halogens is 7. The number of carbonyl (C=O) groups excluding carboxylic acids is 1. The normalized spacial score (nSPS) is 13.0. The molecule has 2 aromatic carbocycles. The lowest BCUT2D eigenvalue weighted by atomic mass is 10.1. The lowest BCUT2D eigenvalue weighted by molar-refractivity contribution is -0.334. The van der Waals surface area contributed by atoms with E-state index in [-0.39, 0.29) is 5.56 Å². The standard InChI is InChI=1S/C17H13F7O3/c18-15(19,17(22,23)24)10-27-16(20,21)8-9-26-14(25)13-7-3-5-11-4-1-2-6-12(11)13/h1-7H,8-10H2. The lowest BCUT2D eigenvalue weighted by Crippen LogP contribution is -2.43. The number of hydrogen-bond acceptors (Lipinski definition) is 3. The highest BCUT2D eigenvalue weighted by atomic mass is 19.4. The van der Waals surface area contributed by atoms with Crippen molar-refractivity contribution in [2.24, 2.45) is 0 Å². The molecule has 0 radical (unpaired) electrons. The topological polar surface area (TPSA) is 35.5 Å². The molecule has 0 saturated heterocycles. The summed E-state index contributed by atoms with van der Waals surface area (Å²) >= 11 is 0. The first-order chi connectivity index (χ1) is 12.4. The van der Waals surface area contributed by atoms with Gasteiger partial charge >= 0.3 is 24.2 Å². The summed E-state index contributed by atoms with van der Waals surface area (Å²) in [5.41, 5.74) is 0.0981. The van der Waals surface area contributed by atoms with Gasteiger partial charge in [0, 0.05) is 0 Å². The minimum atomic E-state index is -6.01. The molecule has 0 saturated carbocycles. The maximum atomic E-state index is 13.3. The summed E-state index contributed by atoms with van der Waals surface area (Å²) in [5, 5.41) is 1.22. The van der Waals surface area contributed by atoms with Crippen LogP contribution in [0, 0.1) is 0 Å². The van der Waals surface area contributed by atoms with Crippen molar-refractivity contribution in [3.8, 4) is 0 Å². The highest BCUT2D eigenvalue weighted by molar-refractivity contribution is 6.04. The molecule has 0 bridgehead atoms. The molecule has 148 valence electrons. The maximum Gasteiger partial charge on any atom is 0.455 e. The number of carbonyl (C=O) groups is 1. The van der Waals surface area contributed by atoms with Crippen LogP contribution in [-0.2, 0) is 9.47 Å². The Balaban J connectivity index is 1.92. The number of rotatable bonds is 7. The first-order valence-electron chi connectivity index (χ1n) is 7.54. The van der Waals surface area contributed by atoms with Gasteiger partial charge in [-0.2, -0.15) is 30.7 Å². The SMILES string of the molecule is O=C(OCCC(F)(F)OCC(F)(F)C(F)(F)F)c1cccc2ccccc12. The molecular formula is C17H13F7O3. The molecule has 27 heavy (non-hydrogen) atoms. The molecule has 0 aliphatic rings. The van der Waals surface area contributed by atoms with E-state index < -0.39 is 43.8 Å². The molecule has 0 unspecified atom stereocenters. The molecule has 0 amide bonds. The van der Waals surface area contributed by atoms with Gasteiger partial charge in [0.15, 0.2) is 0 Å². The van der Waals surface area contributed by atoms with Crippen LogP contribution in [0.3, 0.4) is 0 Å². The summed E-state index contributed by atoms with van der Waals surface area (Å²) in [7, 11) is 0. The molecule has 3 nitrogen and oxygen atoms in total. The second-order valence-electron chi connectivity index (χ2n) is 5.54. The van der Waals surface area contributed by atoms with Crippen molar-refractivity contribution in [3.63, 3.8) is 0 Å². The van der Waals surface area contributed by atoms with Crippen LogP contribution in [0.2, 0.25) is 0 Å². The number of alkyl halides is 7. The predicted molar refractivity (Wildman–Crippen MR) is 80.7 cm³/mol. The van der Waals surface area contributed by atoms with E-state index in [0.717, 1.165) is 0 Å². The van der Waals surface area contributed by atoms with Crippen LogP contribution < -0.4 is 0 Å². The molecule has 0 atom stereocenters. The number of ether oxygens (including phenoxy) is 2. The van der Waals surface area contributed by atoms with Crippen LogP contribution in [0.25, 0.3) is 10.8 Å². The zero-order valence-electron chi connectivity index (χ0n) is 13.5. The van der Waals surface area contributed by atoms with Crippen LogP contribution in [0.4, 0.5) is 30.7 Å². The van der Waals surface area contributed by atoms with Gasteiger partial charge in [0.05, 0.1) is 18.6 Å². The maximum absolute atomic E-state index is 13.3. The minimum absolute atomic E-state index is 0.0981. The van der Waals surface area contributed by atoms with Crippen molar-refractivity contribution in [2.45, 2.75) is 24.6 Å². The van der Waals surface area contributed by atoms with E-state index in [1.165, 1.54) is 6.07 Å². The Labute approximate surface area is 148 Å². The van der Waals surface area contributed by atoms with Crippen molar-refractivity contribution in [1.29, 1.82) is 0 Å². The van der Waals surface area contributed by atoms with Gasteiger partial charge in [-0.3, -0.25) is 0 Å². The first-order valence-corrected chi connectivity index (χ1v) is 7.54. The van der Waals surface area contributed by atoms with Gasteiger partial charge in [-0.25, -0.2) is 4.79 Å². The fraction of sp³-hybridized carbons (Fsp3) is 0.353. The van der Waals surface area contributed by atoms with E-state index in [0.29, 0.717) is 10.8 Å². The average Bonchev–Trinajstić information content (AvgIpc) is 2.58. The Morgan fingerprint density at radius 1 is 0.889 bits per heavy atom. The van der Waals surface area contributed by atoms with Crippen molar-refractivity contribution < 1.29 is 45.0 Å². The summed E-state index contributed by atoms with van der Waals surface area (Å²) in [4.78, 5) is 12.0. The van der Waals surface area contributed by atoms with E-state index in [4.69, 9.17) is 0 Å². The number of esters is 1. The fourth-order valence-corrected chi connectivity index (χ4v) is 2.09. The quantitative estimate of drug-likeness (QED) is 0.476. The van der Waals surface area contributed by atoms with Crippen molar-refractivity contribution in [1.82, 2.24) is 0 Å². The molecule has 0 N–H and O–H groups in total. The largest absolute Gasteiger partial charge is 0.462 e. The Bertz CT molecular complexity index is 797. The summed E-state index contributed by atoms with van der Waals surface area (Å²) in [6, 6.07) is 11.4. The van der Waals surface area contributed by atoms with Crippen LogP contribution in [0.1, 0.15) is 16.8 Å². The van der Waals surface area contributed by atoms with Gasteiger partial charge in [0.1, 0.15) is 6.61 Å². The molecule has 0 aliphatic carbocycles. The number of hydrogen-bond donors (Lipinski definition) is 0. The van der Waals surface area contributed by atoms with E-state index >= 15 is 0 Å². The number of benzene rings is 2. The van der Waals surface area contributed by atoms with Gasteiger partial charge in [-0.1, -0.05) is 36.4 Å². The third kappa shape index (κ3) is 5.31. The first kappa shape index (κ1) is 20.9. The van der Waals surface area contributed by atoms with Crippen molar-refractivity contribution >= 4 is 16.7 Å². The predicted octanol–water partition coefficient (Wildman–Crippen LogP) is 5.19. The summed E-state index contributed by atoms with van der Waals surface area (Å²) < 4.78 is 95.8. The molecule has 0 aliphatic heterocycles. The minimum Gasteiger partial charge on any atom is -0.462 e. The third-order valence-corrected chi connectivity index (χ3v) is 3.52. The smallest absolute Gasteiger partial charge is 0.455 e. The molecule has 0 spiro atoms. The number of fused-ring (bicyclic) bond motifs is 1. The van der Waals surface area contributed by atoms with Crippen molar-refractivity contribution in [2.75, 3.05) is 13.2 Å². The Hall–Kier alpha value is -2.36. The Morgan fingerprint density at radius 2 is 1.52 bits per heavy atom. The second-order valence-corrected chi connectivity index (χ2v) is 5.54. The van der Waals surface area contributed by atoms with Crippen molar-refractivity contribution in [3.05, 3.63) is 48.0 Å². The molecule has 10 heteroatoms. The van der Waals surface area contributed by atoms with Crippen LogP contribution >= 0.6 is 0 Å². The highest BCUT2D eigenvalue weighted by Gasteiger charge is 2.58. The van der Waals surface area contributed by atoms with Crippen LogP contribution in [0.5, 0.6) is 0 Å². The van der Waals surface area contributed by atoms with E-state index in [1.54, 1.807) is 36.4 Å². The van der Waals surface area contributed by atoms with E-state index in [1.807, 2.05) is 0 Å². The Kier molecular flexibility index (Phi) is 5.98. The highest BCUT2D eigenvalue weighted by Crippen LogP contribution is 2.37. The average molecular weight is 398 g/mol. The van der Waals surface area contributed by atoms with Gasteiger partial charge in [-0.15, -0.1) is 0 Å². The molecule has 2 rings (SSSR count). The van der Waals surface area contributed by atoms with Gasteiger partial charge in [0.25, 0.3) is 0 Å². The second kappa shape index (κ2) is 7.71. The monoisotopic (exact) mass is 398 g/mol. The van der Waals surface area contributed by atoms with Crippen LogP contribution in [0.15, 0.2) is 42.5 Å². The molecule has 2 aromatic rings. The zero-order valence-corrected chi connectivity index (χ0v) is 13.5. The molecule has 0 fully saturated rings. The van der Waals surface area contributed by atoms with Gasteiger partial charge in [-0.05, 0) is 16.8 Å². The van der Waals surface area contributed by atoms with Gasteiger partial charge < -0.3 is 9.47 Å². The third-order valence-electron chi connectivity index (χ3n) is 3.52. The van der Waals surface area contributed by atoms with E-state index in [9.17, 15) is 35.5 Å². The van der Waals surface area contributed by atoms with Crippen LogP contribution in [-0.4, -0.2) is 37.4 Å². The zero-order chi connectivity index (χ0) is 20.3. The lowest BCUT2D eigenvalue weighted by Gasteiger charge is -2.23. The molecular weight excluding hydrogens is 385 g/mol.